The van der Waals surface area contributed by atoms with E-state index < -0.39 is 11.6 Å². The number of rotatable bonds is 5. The number of hydrogen-bond acceptors (Lipinski definition) is 8. The standard InChI is InChI=1S/C20H21F2N7S/c1-3-17-25-18(29-10-8-28(2)9-11-29)27-20(26-17)30-19-23-7-6-16(24-19)13-4-5-14(21)15(22)12-13/h4-7,12H,3,8-11H2,1-2H3. The Morgan fingerprint density at radius 2 is 1.73 bits per heavy atom. The normalized spacial score (nSPS) is 14.9. The lowest BCUT2D eigenvalue weighted by molar-refractivity contribution is 0.310. The molecule has 0 N–H and O–H groups in total. The molecule has 0 bridgehead atoms. The van der Waals surface area contributed by atoms with Crippen molar-refractivity contribution in [2.24, 2.45) is 0 Å². The zero-order valence-electron chi connectivity index (χ0n) is 16.7. The molecule has 0 spiro atoms. The minimum atomic E-state index is -0.915. The molecule has 7 nitrogen and oxygen atoms in total. The van der Waals surface area contributed by atoms with E-state index in [1.807, 2.05) is 6.92 Å². The van der Waals surface area contributed by atoms with E-state index in [9.17, 15) is 8.78 Å². The van der Waals surface area contributed by atoms with Gasteiger partial charge in [-0.05, 0) is 43.1 Å². The molecule has 0 saturated carbocycles. The van der Waals surface area contributed by atoms with Gasteiger partial charge in [0.1, 0.15) is 5.82 Å². The Labute approximate surface area is 177 Å². The van der Waals surface area contributed by atoms with E-state index in [1.54, 1.807) is 12.3 Å². The zero-order chi connectivity index (χ0) is 21.1. The first kappa shape index (κ1) is 20.5. The first-order valence-electron chi connectivity index (χ1n) is 9.66. The van der Waals surface area contributed by atoms with Gasteiger partial charge in [0.2, 0.25) is 11.1 Å². The van der Waals surface area contributed by atoms with Crippen molar-refractivity contribution < 1.29 is 8.78 Å². The van der Waals surface area contributed by atoms with Crippen LogP contribution in [-0.4, -0.2) is 63.0 Å². The summed E-state index contributed by atoms with van der Waals surface area (Å²) in [5.74, 6) is -0.439. The van der Waals surface area contributed by atoms with Crippen LogP contribution in [0.3, 0.4) is 0 Å². The average Bonchev–Trinajstić information content (AvgIpc) is 2.76. The Morgan fingerprint density at radius 3 is 2.47 bits per heavy atom. The summed E-state index contributed by atoms with van der Waals surface area (Å²) in [5.41, 5.74) is 0.969. The Balaban J connectivity index is 1.59. The zero-order valence-corrected chi connectivity index (χ0v) is 17.5. The number of hydrogen-bond donors (Lipinski definition) is 0. The SMILES string of the molecule is CCc1nc(Sc2nccc(-c3ccc(F)c(F)c3)n2)nc(N2CCN(C)CC2)n1. The van der Waals surface area contributed by atoms with Crippen LogP contribution in [-0.2, 0) is 6.42 Å². The number of piperazine rings is 1. The van der Waals surface area contributed by atoms with Crippen LogP contribution in [0.4, 0.5) is 14.7 Å². The highest BCUT2D eigenvalue weighted by atomic mass is 32.2. The van der Waals surface area contributed by atoms with E-state index in [2.05, 4.69) is 41.8 Å². The smallest absolute Gasteiger partial charge is 0.229 e. The van der Waals surface area contributed by atoms with Crippen LogP contribution in [0.2, 0.25) is 0 Å². The predicted octanol–water partition coefficient (Wildman–Crippen LogP) is 3.07. The van der Waals surface area contributed by atoms with E-state index >= 15 is 0 Å². The van der Waals surface area contributed by atoms with Gasteiger partial charge in [0.15, 0.2) is 16.8 Å². The van der Waals surface area contributed by atoms with Gasteiger partial charge >= 0.3 is 0 Å². The Hall–Kier alpha value is -2.72. The van der Waals surface area contributed by atoms with E-state index in [4.69, 9.17) is 0 Å². The summed E-state index contributed by atoms with van der Waals surface area (Å²) >= 11 is 1.22. The summed E-state index contributed by atoms with van der Waals surface area (Å²) in [6, 6.07) is 5.34. The number of benzene rings is 1. The minimum Gasteiger partial charge on any atom is -0.338 e. The van der Waals surface area contributed by atoms with Crippen molar-refractivity contribution in [3.63, 3.8) is 0 Å². The quantitative estimate of drug-likeness (QED) is 0.573. The van der Waals surface area contributed by atoms with E-state index in [0.717, 1.165) is 38.3 Å². The highest BCUT2D eigenvalue weighted by Crippen LogP contribution is 2.26. The fraction of sp³-hybridized carbons (Fsp3) is 0.350. The molecule has 1 saturated heterocycles. The summed E-state index contributed by atoms with van der Waals surface area (Å²) in [5, 5.41) is 0.938. The van der Waals surface area contributed by atoms with Crippen LogP contribution in [0.5, 0.6) is 0 Å². The Bertz CT molecular complexity index is 1040. The number of aromatic nitrogens is 5. The monoisotopic (exact) mass is 429 g/mol. The highest BCUT2D eigenvalue weighted by molar-refractivity contribution is 7.99. The van der Waals surface area contributed by atoms with Crippen molar-refractivity contribution in [3.05, 3.63) is 47.9 Å². The van der Waals surface area contributed by atoms with Crippen LogP contribution in [0, 0.1) is 11.6 Å². The van der Waals surface area contributed by atoms with Crippen molar-refractivity contribution in [1.29, 1.82) is 0 Å². The second-order valence-electron chi connectivity index (χ2n) is 6.93. The van der Waals surface area contributed by atoms with Crippen molar-refractivity contribution in [3.8, 4) is 11.3 Å². The van der Waals surface area contributed by atoms with Crippen LogP contribution >= 0.6 is 11.8 Å². The molecular weight excluding hydrogens is 408 g/mol. The lowest BCUT2D eigenvalue weighted by atomic mass is 10.1. The molecule has 0 aliphatic carbocycles. The molecule has 0 radical (unpaired) electrons. The lowest BCUT2D eigenvalue weighted by Crippen LogP contribution is -2.45. The molecule has 156 valence electrons. The van der Waals surface area contributed by atoms with Gasteiger partial charge in [-0.3, -0.25) is 0 Å². The van der Waals surface area contributed by atoms with Gasteiger partial charge in [-0.25, -0.2) is 23.7 Å². The third kappa shape index (κ3) is 4.71. The maximum absolute atomic E-state index is 13.6. The fourth-order valence-corrected chi connectivity index (χ4v) is 3.73. The fourth-order valence-electron chi connectivity index (χ4n) is 3.03. The molecule has 0 atom stereocenters. The molecular formula is C20H21F2N7S. The van der Waals surface area contributed by atoms with Crippen LogP contribution < -0.4 is 4.90 Å². The molecule has 3 aromatic rings. The second kappa shape index (κ2) is 8.97. The van der Waals surface area contributed by atoms with Crippen LogP contribution in [0.1, 0.15) is 12.7 Å². The van der Waals surface area contributed by atoms with E-state index in [1.165, 1.54) is 17.8 Å². The first-order chi connectivity index (χ1) is 14.5. The third-order valence-electron chi connectivity index (χ3n) is 4.78. The largest absolute Gasteiger partial charge is 0.338 e. The number of anilines is 1. The summed E-state index contributed by atoms with van der Waals surface area (Å²) in [6.45, 7) is 5.62. The summed E-state index contributed by atoms with van der Waals surface area (Å²) in [4.78, 5) is 26.8. The number of nitrogens with zero attached hydrogens (tertiary/aromatic N) is 7. The predicted molar refractivity (Wildman–Crippen MR) is 110 cm³/mol. The molecule has 1 aliphatic rings. The van der Waals surface area contributed by atoms with Gasteiger partial charge in [0, 0.05) is 44.4 Å². The van der Waals surface area contributed by atoms with Gasteiger partial charge < -0.3 is 9.80 Å². The van der Waals surface area contributed by atoms with Gasteiger partial charge in [0.25, 0.3) is 0 Å². The molecule has 30 heavy (non-hydrogen) atoms. The molecule has 10 heteroatoms. The van der Waals surface area contributed by atoms with Gasteiger partial charge in [-0.1, -0.05) is 6.92 Å². The molecule has 1 aliphatic heterocycles. The molecule has 1 fully saturated rings. The molecule has 0 unspecified atom stereocenters. The van der Waals surface area contributed by atoms with Crippen molar-refractivity contribution in [2.75, 3.05) is 38.1 Å². The number of halogens is 2. The van der Waals surface area contributed by atoms with E-state index in [-0.39, 0.29) is 0 Å². The minimum absolute atomic E-state index is 0.426. The topological polar surface area (TPSA) is 70.9 Å². The van der Waals surface area contributed by atoms with Gasteiger partial charge in [-0.15, -0.1) is 0 Å². The average molecular weight is 430 g/mol. The van der Waals surface area contributed by atoms with Gasteiger partial charge in [0.05, 0.1) is 5.69 Å². The van der Waals surface area contributed by atoms with Crippen molar-refractivity contribution >= 4 is 17.7 Å². The molecule has 2 aromatic heterocycles. The molecule has 0 amide bonds. The van der Waals surface area contributed by atoms with Gasteiger partial charge in [-0.2, -0.15) is 9.97 Å². The number of likely N-dealkylation sites (N-methyl/N-ethyl adjacent to an activating group) is 1. The Morgan fingerprint density at radius 1 is 0.933 bits per heavy atom. The second-order valence-corrected chi connectivity index (χ2v) is 7.87. The summed E-state index contributed by atoms with van der Waals surface area (Å²) < 4.78 is 26.8. The highest BCUT2D eigenvalue weighted by Gasteiger charge is 2.19. The summed E-state index contributed by atoms with van der Waals surface area (Å²) in [7, 11) is 2.10. The Kier molecular flexibility index (Phi) is 6.14. The van der Waals surface area contributed by atoms with Crippen molar-refractivity contribution in [1.82, 2.24) is 29.8 Å². The van der Waals surface area contributed by atoms with E-state index in [0.29, 0.717) is 39.8 Å². The lowest BCUT2D eigenvalue weighted by Gasteiger charge is -2.32. The van der Waals surface area contributed by atoms with Crippen molar-refractivity contribution in [2.45, 2.75) is 23.7 Å². The van der Waals surface area contributed by atoms with Crippen LogP contribution in [0.25, 0.3) is 11.3 Å². The maximum Gasteiger partial charge on any atom is 0.229 e. The van der Waals surface area contributed by atoms with Crippen LogP contribution in [0.15, 0.2) is 40.8 Å². The summed E-state index contributed by atoms with van der Waals surface area (Å²) in [6.07, 6.45) is 2.27. The molecule has 1 aromatic carbocycles. The maximum atomic E-state index is 13.6. The third-order valence-corrected chi connectivity index (χ3v) is 5.53. The number of aryl methyl sites for hydroxylation is 1. The first-order valence-corrected chi connectivity index (χ1v) is 10.5. The molecule has 4 rings (SSSR count). The molecule has 3 heterocycles.